The lowest BCUT2D eigenvalue weighted by Gasteiger charge is -2.53. The molecule has 214 valence electrons. The minimum absolute atomic E-state index is 0.116. The van der Waals surface area contributed by atoms with E-state index < -0.39 is 6.09 Å². The Balaban J connectivity index is 1.33. The molecule has 13 nitrogen and oxygen atoms in total. The summed E-state index contributed by atoms with van der Waals surface area (Å²) in [6.07, 6.45) is 1.90. The zero-order valence-electron chi connectivity index (χ0n) is 23.4. The van der Waals surface area contributed by atoms with Crippen molar-refractivity contribution in [1.29, 1.82) is 0 Å². The zero-order valence-corrected chi connectivity index (χ0v) is 23.4. The van der Waals surface area contributed by atoms with Gasteiger partial charge < -0.3 is 23.8 Å². The monoisotopic (exact) mass is 554 g/mol. The first-order valence-electron chi connectivity index (χ1n) is 13.5. The van der Waals surface area contributed by atoms with E-state index in [1.54, 1.807) is 16.7 Å². The van der Waals surface area contributed by atoms with Gasteiger partial charge in [0.05, 0.1) is 57.3 Å². The molecule has 1 amide bonds. The van der Waals surface area contributed by atoms with Gasteiger partial charge in [-0.2, -0.15) is 4.98 Å². The Labute approximate surface area is 231 Å². The molecule has 13 heteroatoms. The van der Waals surface area contributed by atoms with Crippen molar-refractivity contribution in [3.63, 3.8) is 0 Å². The van der Waals surface area contributed by atoms with Gasteiger partial charge in [-0.15, -0.1) is 10.2 Å². The highest BCUT2D eigenvalue weighted by atomic mass is 16.6. The number of quaternary nitrogens is 1. The average molecular weight is 555 g/mol. The SMILES string of the molecule is COc1cnc2ccc(=O)n(CC[N+]3(C(C)(C)C)CCC(N(Cc4cc5c(nn4)OCCO5)C(=O)O)CC3)c2n1. The second-order valence-electron chi connectivity index (χ2n) is 11.3. The Morgan fingerprint density at radius 3 is 2.65 bits per heavy atom. The first-order chi connectivity index (χ1) is 19.1. The molecule has 0 bridgehead atoms. The molecule has 0 radical (unpaired) electrons. The van der Waals surface area contributed by atoms with Crippen LogP contribution in [0.25, 0.3) is 11.2 Å². The van der Waals surface area contributed by atoms with Crippen molar-refractivity contribution in [2.24, 2.45) is 0 Å². The zero-order chi connectivity index (χ0) is 28.5. The number of rotatable bonds is 7. The summed E-state index contributed by atoms with van der Waals surface area (Å²) in [7, 11) is 1.52. The molecule has 2 aliphatic rings. The minimum Gasteiger partial charge on any atom is -0.484 e. The molecule has 0 unspecified atom stereocenters. The van der Waals surface area contributed by atoms with E-state index in [-0.39, 0.29) is 23.7 Å². The number of ether oxygens (including phenoxy) is 3. The van der Waals surface area contributed by atoms with Crippen LogP contribution in [0.15, 0.2) is 29.2 Å². The van der Waals surface area contributed by atoms with E-state index in [1.807, 2.05) is 0 Å². The highest BCUT2D eigenvalue weighted by Crippen LogP contribution is 2.33. The van der Waals surface area contributed by atoms with Crippen molar-refractivity contribution in [3.05, 3.63) is 40.4 Å². The Morgan fingerprint density at radius 2 is 1.95 bits per heavy atom. The van der Waals surface area contributed by atoms with Crippen LogP contribution in [-0.4, -0.2) is 96.9 Å². The van der Waals surface area contributed by atoms with Gasteiger partial charge in [-0.3, -0.25) is 14.3 Å². The first-order valence-corrected chi connectivity index (χ1v) is 13.5. The Bertz CT molecular complexity index is 1450. The Hall–Kier alpha value is -4.00. The van der Waals surface area contributed by atoms with Crippen LogP contribution in [0.5, 0.6) is 17.5 Å². The van der Waals surface area contributed by atoms with E-state index in [0.717, 1.165) is 17.6 Å². The lowest BCUT2D eigenvalue weighted by atomic mass is 9.92. The van der Waals surface area contributed by atoms with E-state index in [4.69, 9.17) is 14.2 Å². The van der Waals surface area contributed by atoms with E-state index >= 15 is 0 Å². The van der Waals surface area contributed by atoms with E-state index in [9.17, 15) is 14.7 Å². The van der Waals surface area contributed by atoms with Gasteiger partial charge in [0.25, 0.3) is 11.4 Å². The molecule has 3 aromatic rings. The van der Waals surface area contributed by atoms with Crippen LogP contribution in [0.2, 0.25) is 0 Å². The fraction of sp³-hybridized carbons (Fsp3) is 0.556. The molecule has 0 atom stereocenters. The molecule has 5 heterocycles. The minimum atomic E-state index is -0.993. The first kappa shape index (κ1) is 27.6. The van der Waals surface area contributed by atoms with Crippen LogP contribution in [0.1, 0.15) is 39.3 Å². The molecule has 40 heavy (non-hydrogen) atoms. The number of methoxy groups -OCH3 is 1. The molecule has 0 aliphatic carbocycles. The molecular formula is C27H36N7O6+. The fourth-order valence-electron chi connectivity index (χ4n) is 5.73. The summed E-state index contributed by atoms with van der Waals surface area (Å²) in [6.45, 7) is 10.2. The van der Waals surface area contributed by atoms with Crippen molar-refractivity contribution in [2.75, 3.05) is 40.0 Å². The topological polar surface area (TPSA) is 142 Å². The highest BCUT2D eigenvalue weighted by molar-refractivity contribution is 5.70. The summed E-state index contributed by atoms with van der Waals surface area (Å²) in [5.41, 5.74) is 1.36. The fourth-order valence-corrected chi connectivity index (χ4v) is 5.73. The number of fused-ring (bicyclic) bond motifs is 2. The van der Waals surface area contributed by atoms with Crippen LogP contribution in [-0.2, 0) is 13.1 Å². The van der Waals surface area contributed by atoms with Gasteiger partial charge in [-0.05, 0) is 26.8 Å². The van der Waals surface area contributed by atoms with Gasteiger partial charge in [0, 0.05) is 31.0 Å². The lowest BCUT2D eigenvalue weighted by Crippen LogP contribution is -2.66. The largest absolute Gasteiger partial charge is 0.484 e. The van der Waals surface area contributed by atoms with Gasteiger partial charge in [0.2, 0.25) is 5.88 Å². The molecule has 1 fully saturated rings. The molecule has 0 aromatic carbocycles. The summed E-state index contributed by atoms with van der Waals surface area (Å²) in [5, 5.41) is 18.3. The number of pyridine rings is 1. The number of aromatic nitrogens is 5. The summed E-state index contributed by atoms with van der Waals surface area (Å²) in [5.74, 6) is 1.17. The number of amides is 1. The number of carbonyl (C=O) groups is 1. The van der Waals surface area contributed by atoms with Gasteiger partial charge >= 0.3 is 6.09 Å². The average Bonchev–Trinajstić information content (AvgIpc) is 2.94. The summed E-state index contributed by atoms with van der Waals surface area (Å²) in [4.78, 5) is 35.5. The molecular weight excluding hydrogens is 518 g/mol. The van der Waals surface area contributed by atoms with Crippen LogP contribution >= 0.6 is 0 Å². The quantitative estimate of drug-likeness (QED) is 0.433. The highest BCUT2D eigenvalue weighted by Gasteiger charge is 2.45. The van der Waals surface area contributed by atoms with E-state index in [2.05, 4.69) is 40.9 Å². The lowest BCUT2D eigenvalue weighted by molar-refractivity contribution is -0.975. The van der Waals surface area contributed by atoms with Gasteiger partial charge in [-0.1, -0.05) is 0 Å². The normalized spacial score (nSPS) is 20.8. The number of likely N-dealkylation sites (tertiary alicyclic amines) is 1. The second kappa shape index (κ2) is 10.9. The summed E-state index contributed by atoms with van der Waals surface area (Å²) < 4.78 is 18.7. The summed E-state index contributed by atoms with van der Waals surface area (Å²) in [6, 6.07) is 4.72. The van der Waals surface area contributed by atoms with Crippen LogP contribution in [0.3, 0.4) is 0 Å². The Kier molecular flexibility index (Phi) is 7.49. The third-order valence-corrected chi connectivity index (χ3v) is 8.21. The number of hydrogen-bond acceptors (Lipinski definition) is 9. The maximum atomic E-state index is 12.9. The predicted molar refractivity (Wildman–Crippen MR) is 145 cm³/mol. The van der Waals surface area contributed by atoms with Crippen molar-refractivity contribution >= 4 is 17.3 Å². The summed E-state index contributed by atoms with van der Waals surface area (Å²) >= 11 is 0. The van der Waals surface area contributed by atoms with Gasteiger partial charge in [-0.25, -0.2) is 9.78 Å². The molecule has 5 rings (SSSR count). The standard InChI is InChI=1S/C27H35N7O6/c1-27(2,3)34(12-9-32-23(35)6-5-20-24(32)29-22(38-4)16-28-20)10-7-19(8-11-34)33(26(36)37)17-18-15-21-25(31-30-18)40-14-13-39-21/h5-6,15-16,19H,7-14,17H2,1-4H3/p+1. The molecule has 2 aliphatic heterocycles. The number of hydrogen-bond donors (Lipinski definition) is 1. The van der Waals surface area contributed by atoms with Crippen molar-refractivity contribution < 1.29 is 28.6 Å². The van der Waals surface area contributed by atoms with Crippen molar-refractivity contribution in [3.8, 4) is 17.5 Å². The van der Waals surface area contributed by atoms with E-state index in [0.29, 0.717) is 73.5 Å². The predicted octanol–water partition coefficient (Wildman–Crippen LogP) is 2.32. The maximum Gasteiger partial charge on any atom is 0.407 e. The number of piperidine rings is 1. The number of nitrogens with zero attached hydrogens (tertiary/aromatic N) is 7. The number of carboxylic acid groups (broad SMARTS) is 1. The van der Waals surface area contributed by atoms with Gasteiger partial charge in [0.15, 0.2) is 11.4 Å². The van der Waals surface area contributed by atoms with Crippen molar-refractivity contribution in [2.45, 2.75) is 58.3 Å². The van der Waals surface area contributed by atoms with E-state index in [1.165, 1.54) is 24.3 Å². The second-order valence-corrected chi connectivity index (χ2v) is 11.3. The maximum absolute atomic E-state index is 12.9. The molecule has 0 saturated carbocycles. The van der Waals surface area contributed by atoms with Crippen LogP contribution < -0.4 is 19.8 Å². The van der Waals surface area contributed by atoms with Crippen LogP contribution in [0.4, 0.5) is 4.79 Å². The third kappa shape index (κ3) is 5.37. The van der Waals surface area contributed by atoms with Crippen LogP contribution in [0, 0.1) is 0 Å². The molecule has 0 spiro atoms. The molecule has 1 saturated heterocycles. The van der Waals surface area contributed by atoms with Crippen molar-refractivity contribution in [1.82, 2.24) is 29.6 Å². The third-order valence-electron chi connectivity index (χ3n) is 8.21. The smallest absolute Gasteiger partial charge is 0.407 e. The van der Waals surface area contributed by atoms with Gasteiger partial charge in [0.1, 0.15) is 18.7 Å². The molecule has 1 N–H and O–H groups in total. The molecule has 3 aromatic heterocycles. The Morgan fingerprint density at radius 1 is 1.20 bits per heavy atom.